The normalized spacial score (nSPS) is 10.2. The number of aromatic nitrogens is 1. The molecule has 17 heavy (non-hydrogen) atoms. The van der Waals surface area contributed by atoms with Gasteiger partial charge in [-0.3, -0.25) is 9.36 Å². The van der Waals surface area contributed by atoms with Crippen molar-refractivity contribution in [1.82, 2.24) is 4.57 Å². The molecule has 0 spiro atoms. The quantitative estimate of drug-likeness (QED) is 0.743. The maximum atomic E-state index is 11.8. The monoisotopic (exact) mass is 236 g/mol. The summed E-state index contributed by atoms with van der Waals surface area (Å²) >= 11 is 0. The van der Waals surface area contributed by atoms with Crippen LogP contribution >= 0.6 is 0 Å². The molecule has 1 heterocycles. The van der Waals surface area contributed by atoms with Gasteiger partial charge in [-0.15, -0.1) is 0 Å². The van der Waals surface area contributed by atoms with Gasteiger partial charge in [0, 0.05) is 19.2 Å². The average Bonchev–Trinajstić information content (AvgIpc) is 2.28. The molecule has 5 heteroatoms. The van der Waals surface area contributed by atoms with E-state index in [-0.39, 0.29) is 18.1 Å². The number of hydrogen-bond acceptors (Lipinski definition) is 4. The van der Waals surface area contributed by atoms with Crippen LogP contribution in [0.1, 0.15) is 30.4 Å². The highest BCUT2D eigenvalue weighted by Gasteiger charge is 2.10. The van der Waals surface area contributed by atoms with Crippen molar-refractivity contribution in [3.8, 4) is 11.9 Å². The number of nitrogens with zero attached hydrogens (tertiary/aromatic N) is 2. The topological polar surface area (TPSA) is 86.2 Å². The van der Waals surface area contributed by atoms with Gasteiger partial charge in [-0.1, -0.05) is 0 Å². The Morgan fingerprint density at radius 3 is 2.71 bits per heavy atom. The van der Waals surface area contributed by atoms with Gasteiger partial charge in [0.15, 0.2) is 5.88 Å². The molecule has 0 bridgehead atoms. The maximum Gasteiger partial charge on any atom is 0.271 e. The fourth-order valence-electron chi connectivity index (χ4n) is 1.66. The van der Waals surface area contributed by atoms with E-state index in [1.807, 2.05) is 6.07 Å². The molecule has 0 fully saturated rings. The fourth-order valence-corrected chi connectivity index (χ4v) is 1.66. The summed E-state index contributed by atoms with van der Waals surface area (Å²) in [6, 6.07) is 3.27. The second-order valence-corrected chi connectivity index (χ2v) is 3.91. The molecule has 1 aromatic heterocycles. The average molecular weight is 236 g/mol. The smallest absolute Gasteiger partial charge is 0.271 e. The van der Waals surface area contributed by atoms with Gasteiger partial charge >= 0.3 is 0 Å². The first-order valence-corrected chi connectivity index (χ1v) is 5.56. The van der Waals surface area contributed by atoms with Crippen molar-refractivity contribution in [3.05, 3.63) is 27.5 Å². The van der Waals surface area contributed by atoms with Crippen molar-refractivity contribution in [3.63, 3.8) is 0 Å². The molecule has 1 rings (SSSR count). The first-order valence-electron chi connectivity index (χ1n) is 5.56. The number of aromatic hydroxyl groups is 1. The minimum absolute atomic E-state index is 0.0740. The van der Waals surface area contributed by atoms with E-state index in [1.54, 1.807) is 6.92 Å². The molecule has 0 saturated carbocycles. The molecule has 0 aliphatic carbocycles. The molecule has 1 aromatic rings. The van der Waals surface area contributed by atoms with Gasteiger partial charge in [-0.05, 0) is 31.7 Å². The highest BCUT2D eigenvalue weighted by Crippen LogP contribution is 2.12. The third kappa shape index (κ3) is 3.08. The number of rotatable bonds is 5. The van der Waals surface area contributed by atoms with E-state index in [1.165, 1.54) is 10.6 Å². The number of hydrogen-bond donors (Lipinski definition) is 2. The second kappa shape index (κ2) is 6.06. The Kier molecular flexibility index (Phi) is 4.73. The minimum Gasteiger partial charge on any atom is -0.494 e. The molecule has 92 valence electrons. The molecule has 2 N–H and O–H groups in total. The van der Waals surface area contributed by atoms with E-state index in [2.05, 4.69) is 0 Å². The molecule has 0 atom stereocenters. The lowest BCUT2D eigenvalue weighted by Gasteiger charge is -2.09. The van der Waals surface area contributed by atoms with Crippen molar-refractivity contribution < 1.29 is 10.2 Å². The van der Waals surface area contributed by atoms with Crippen LogP contribution in [0.25, 0.3) is 0 Å². The van der Waals surface area contributed by atoms with Gasteiger partial charge in [-0.2, -0.15) is 5.26 Å². The van der Waals surface area contributed by atoms with Crippen LogP contribution in [0, 0.1) is 18.3 Å². The van der Waals surface area contributed by atoms with Gasteiger partial charge in [0.05, 0.1) is 0 Å². The van der Waals surface area contributed by atoms with Crippen molar-refractivity contribution in [2.45, 2.75) is 32.7 Å². The van der Waals surface area contributed by atoms with Crippen LogP contribution < -0.4 is 5.56 Å². The van der Waals surface area contributed by atoms with Crippen LogP contribution in [-0.4, -0.2) is 21.4 Å². The van der Waals surface area contributed by atoms with Crippen LogP contribution in [0.3, 0.4) is 0 Å². The van der Waals surface area contributed by atoms with Gasteiger partial charge in [0.25, 0.3) is 5.56 Å². The summed E-state index contributed by atoms with van der Waals surface area (Å²) in [5, 5.41) is 27.1. The predicted molar refractivity (Wildman–Crippen MR) is 62.8 cm³/mol. The molecular formula is C12H16N2O3. The molecular weight excluding hydrogens is 220 g/mol. The Hall–Kier alpha value is -1.80. The first-order chi connectivity index (χ1) is 8.11. The Morgan fingerprint density at radius 1 is 1.41 bits per heavy atom. The number of aliphatic hydroxyl groups excluding tert-OH is 1. The largest absolute Gasteiger partial charge is 0.494 e. The summed E-state index contributed by atoms with van der Waals surface area (Å²) in [6.45, 7) is 2.10. The highest BCUT2D eigenvalue weighted by molar-refractivity contribution is 5.37. The van der Waals surface area contributed by atoms with Gasteiger partial charge in [0.1, 0.15) is 11.6 Å². The van der Waals surface area contributed by atoms with Crippen molar-refractivity contribution in [2.75, 3.05) is 6.61 Å². The Bertz CT molecular complexity index is 486. The van der Waals surface area contributed by atoms with Crippen LogP contribution in [0.5, 0.6) is 5.88 Å². The second-order valence-electron chi connectivity index (χ2n) is 3.91. The molecule has 0 aromatic carbocycles. The van der Waals surface area contributed by atoms with E-state index < -0.39 is 5.56 Å². The van der Waals surface area contributed by atoms with Gasteiger partial charge < -0.3 is 10.2 Å². The summed E-state index contributed by atoms with van der Waals surface area (Å²) in [5.41, 5.74) is 0.112. The lowest BCUT2D eigenvalue weighted by Crippen LogP contribution is -2.23. The van der Waals surface area contributed by atoms with E-state index >= 15 is 0 Å². The zero-order valence-electron chi connectivity index (χ0n) is 9.81. The third-order valence-corrected chi connectivity index (χ3v) is 2.63. The van der Waals surface area contributed by atoms with Crippen LogP contribution in [0.15, 0.2) is 10.9 Å². The summed E-state index contributed by atoms with van der Waals surface area (Å²) in [7, 11) is 0. The van der Waals surface area contributed by atoms with Crippen LogP contribution in [0.4, 0.5) is 0 Å². The SMILES string of the molecule is Cc1cc(O)n(CCCCCO)c(=O)c1C#N. The van der Waals surface area contributed by atoms with E-state index in [0.29, 0.717) is 24.9 Å². The summed E-state index contributed by atoms with van der Waals surface area (Å²) < 4.78 is 1.20. The lowest BCUT2D eigenvalue weighted by atomic mass is 10.1. The van der Waals surface area contributed by atoms with Crippen molar-refractivity contribution in [2.24, 2.45) is 0 Å². The number of aryl methyl sites for hydroxylation is 1. The van der Waals surface area contributed by atoms with E-state index in [9.17, 15) is 9.90 Å². The molecule has 0 unspecified atom stereocenters. The Labute approximate surface area is 99.6 Å². The zero-order valence-corrected chi connectivity index (χ0v) is 9.81. The van der Waals surface area contributed by atoms with Gasteiger partial charge in [0.2, 0.25) is 0 Å². The molecule has 5 nitrogen and oxygen atoms in total. The Morgan fingerprint density at radius 2 is 2.12 bits per heavy atom. The molecule has 0 radical (unpaired) electrons. The van der Waals surface area contributed by atoms with E-state index in [0.717, 1.165) is 6.42 Å². The standard InChI is InChI=1S/C12H16N2O3/c1-9-7-11(16)14(5-3-2-4-6-15)12(17)10(9)8-13/h7,15-16H,2-6H2,1H3. The molecule has 0 saturated heterocycles. The van der Waals surface area contributed by atoms with Crippen LogP contribution in [0.2, 0.25) is 0 Å². The number of aliphatic hydroxyl groups is 1. The Balaban J connectivity index is 2.93. The predicted octanol–water partition coefficient (Wildman–Crippen LogP) is 0.897. The highest BCUT2D eigenvalue weighted by atomic mass is 16.3. The molecule has 0 aliphatic heterocycles. The fraction of sp³-hybridized carbons (Fsp3) is 0.500. The number of unbranched alkanes of at least 4 members (excludes halogenated alkanes) is 2. The third-order valence-electron chi connectivity index (χ3n) is 2.63. The van der Waals surface area contributed by atoms with Gasteiger partial charge in [-0.25, -0.2) is 0 Å². The molecule has 0 aliphatic rings. The molecule has 0 amide bonds. The number of pyridine rings is 1. The summed E-state index contributed by atoms with van der Waals surface area (Å²) in [4.78, 5) is 11.8. The summed E-state index contributed by atoms with van der Waals surface area (Å²) in [6.07, 6.45) is 2.13. The lowest BCUT2D eigenvalue weighted by molar-refractivity contribution is 0.281. The maximum absolute atomic E-state index is 11.8. The summed E-state index contributed by atoms with van der Waals surface area (Å²) in [5.74, 6) is -0.115. The first kappa shape index (κ1) is 13.3. The number of nitriles is 1. The van der Waals surface area contributed by atoms with E-state index in [4.69, 9.17) is 10.4 Å². The van der Waals surface area contributed by atoms with Crippen molar-refractivity contribution >= 4 is 0 Å². The van der Waals surface area contributed by atoms with Crippen molar-refractivity contribution in [1.29, 1.82) is 5.26 Å². The minimum atomic E-state index is -0.450. The zero-order chi connectivity index (χ0) is 12.8. The van der Waals surface area contributed by atoms with Crippen LogP contribution in [-0.2, 0) is 6.54 Å².